The third kappa shape index (κ3) is 4.03. The second-order valence-electron chi connectivity index (χ2n) is 7.34. The van der Waals surface area contributed by atoms with Crippen LogP contribution in [0.2, 0.25) is 0 Å². The van der Waals surface area contributed by atoms with Crippen molar-refractivity contribution in [2.45, 2.75) is 62.4 Å². The zero-order valence-electron chi connectivity index (χ0n) is 15.2. The number of carbonyl (C=O) groups excluding carboxylic acids is 1. The minimum atomic E-state index is -3.88. The first-order valence-electron chi connectivity index (χ1n) is 9.11. The smallest absolute Gasteiger partial charge is 0.241 e. The molecule has 0 bridgehead atoms. The third-order valence-electron chi connectivity index (χ3n) is 4.75. The van der Waals surface area contributed by atoms with Crippen molar-refractivity contribution in [1.29, 1.82) is 0 Å². The van der Waals surface area contributed by atoms with Gasteiger partial charge in [-0.15, -0.1) is 0 Å². The minimum absolute atomic E-state index is 0.101. The molecule has 0 aliphatic heterocycles. The highest BCUT2D eigenvalue weighted by Gasteiger charge is 2.31. The van der Waals surface area contributed by atoms with E-state index in [1.54, 1.807) is 19.1 Å². The van der Waals surface area contributed by atoms with Crippen LogP contribution in [-0.4, -0.2) is 36.5 Å². The second kappa shape index (κ2) is 6.72. The Kier molecular flexibility index (Phi) is 4.51. The summed E-state index contributed by atoms with van der Waals surface area (Å²) in [6.07, 6.45) is 3.97. The molecule has 1 heterocycles. The number of aromatic nitrogens is 2. The van der Waals surface area contributed by atoms with Gasteiger partial charge in [0.15, 0.2) is 0 Å². The Bertz CT molecular complexity index is 977. The van der Waals surface area contributed by atoms with Gasteiger partial charge in [-0.2, -0.15) is 9.71 Å². The van der Waals surface area contributed by atoms with Gasteiger partial charge in [-0.05, 0) is 51.2 Å². The average Bonchev–Trinajstić information content (AvgIpc) is 3.55. The number of aryl methyl sites for hydroxylation is 1. The molecule has 1 atom stereocenters. The van der Waals surface area contributed by atoms with Crippen molar-refractivity contribution in [3.63, 3.8) is 0 Å². The van der Waals surface area contributed by atoms with E-state index in [1.165, 1.54) is 13.0 Å². The highest BCUT2D eigenvalue weighted by atomic mass is 32.2. The number of sulfonamides is 1. The molecule has 2 N–H and O–H groups in total. The lowest BCUT2D eigenvalue weighted by atomic mass is 10.1. The fraction of sp³-hybridized carbons (Fsp3) is 0.500. The second-order valence-corrected chi connectivity index (χ2v) is 9.02. The predicted molar refractivity (Wildman–Crippen MR) is 97.4 cm³/mol. The van der Waals surface area contributed by atoms with Crippen molar-refractivity contribution < 1.29 is 17.7 Å². The van der Waals surface area contributed by atoms with Crippen LogP contribution in [0.4, 0.5) is 0 Å². The molecule has 27 heavy (non-hydrogen) atoms. The lowest BCUT2D eigenvalue weighted by Gasteiger charge is -2.15. The average molecular weight is 390 g/mol. The zero-order chi connectivity index (χ0) is 19.2. The van der Waals surface area contributed by atoms with E-state index in [9.17, 15) is 13.2 Å². The molecule has 2 fully saturated rings. The number of nitrogens with zero attached hydrogens (tertiary/aromatic N) is 2. The number of rotatable bonds is 7. The Balaban J connectivity index is 1.56. The molecule has 2 saturated carbocycles. The van der Waals surface area contributed by atoms with Crippen molar-refractivity contribution in [2.75, 3.05) is 0 Å². The van der Waals surface area contributed by atoms with Crippen LogP contribution in [0.3, 0.4) is 0 Å². The van der Waals surface area contributed by atoms with Crippen LogP contribution >= 0.6 is 0 Å². The Morgan fingerprint density at radius 3 is 2.67 bits per heavy atom. The first kappa shape index (κ1) is 18.1. The maximum atomic E-state index is 12.8. The highest BCUT2D eigenvalue weighted by molar-refractivity contribution is 7.89. The summed E-state index contributed by atoms with van der Waals surface area (Å²) in [4.78, 5) is 16.5. The van der Waals surface area contributed by atoms with Crippen LogP contribution in [0.15, 0.2) is 27.6 Å². The number of benzene rings is 1. The van der Waals surface area contributed by atoms with Gasteiger partial charge in [0.2, 0.25) is 27.6 Å². The van der Waals surface area contributed by atoms with Crippen LogP contribution in [0.25, 0.3) is 11.4 Å². The summed E-state index contributed by atoms with van der Waals surface area (Å²) in [5.41, 5.74) is 1.14. The number of hydrogen-bond acceptors (Lipinski definition) is 6. The summed E-state index contributed by atoms with van der Waals surface area (Å²) < 4.78 is 33.4. The van der Waals surface area contributed by atoms with Gasteiger partial charge in [0, 0.05) is 17.5 Å². The van der Waals surface area contributed by atoms with Gasteiger partial charge in [0.05, 0.1) is 10.9 Å². The molecule has 0 spiro atoms. The van der Waals surface area contributed by atoms with Crippen molar-refractivity contribution in [3.05, 3.63) is 29.7 Å². The molecule has 4 rings (SSSR count). The van der Waals surface area contributed by atoms with E-state index >= 15 is 0 Å². The molecule has 1 aromatic heterocycles. The van der Waals surface area contributed by atoms with Gasteiger partial charge in [-0.1, -0.05) is 17.3 Å². The van der Waals surface area contributed by atoms with E-state index in [-0.39, 0.29) is 16.8 Å². The SMILES string of the molecule is Cc1ccc(-c2noc(C3CC3)n2)cc1S(=O)(=O)NC(C)C(=O)NC1CC1. The van der Waals surface area contributed by atoms with E-state index in [0.717, 1.165) is 25.7 Å². The van der Waals surface area contributed by atoms with Gasteiger partial charge in [0.25, 0.3) is 0 Å². The number of carbonyl (C=O) groups is 1. The maximum absolute atomic E-state index is 12.8. The monoisotopic (exact) mass is 390 g/mol. The molecule has 0 radical (unpaired) electrons. The summed E-state index contributed by atoms with van der Waals surface area (Å²) in [5, 5.41) is 6.76. The summed E-state index contributed by atoms with van der Waals surface area (Å²) in [6.45, 7) is 3.24. The van der Waals surface area contributed by atoms with E-state index in [4.69, 9.17) is 4.52 Å². The standard InChI is InChI=1S/C18H22N4O4S/c1-10-3-4-13(16-20-18(26-21-16)12-5-6-12)9-15(10)27(24,25)22-11(2)17(23)19-14-7-8-14/h3-4,9,11-12,14,22H,5-8H2,1-2H3,(H,19,23). The lowest BCUT2D eigenvalue weighted by molar-refractivity contribution is -0.122. The van der Waals surface area contributed by atoms with E-state index < -0.39 is 16.1 Å². The summed E-state index contributed by atoms with van der Waals surface area (Å²) in [7, 11) is -3.88. The quantitative estimate of drug-likeness (QED) is 0.746. The first-order chi connectivity index (χ1) is 12.8. The van der Waals surface area contributed by atoms with Crippen LogP contribution in [0.5, 0.6) is 0 Å². The van der Waals surface area contributed by atoms with Crippen LogP contribution in [-0.2, 0) is 14.8 Å². The maximum Gasteiger partial charge on any atom is 0.241 e. The summed E-state index contributed by atoms with van der Waals surface area (Å²) in [5.74, 6) is 0.973. The molecule has 144 valence electrons. The normalized spacial score (nSPS) is 18.3. The topological polar surface area (TPSA) is 114 Å². The van der Waals surface area contributed by atoms with Crippen molar-refractivity contribution in [1.82, 2.24) is 20.2 Å². The lowest BCUT2D eigenvalue weighted by Crippen LogP contribution is -2.45. The van der Waals surface area contributed by atoms with E-state index in [0.29, 0.717) is 28.8 Å². The van der Waals surface area contributed by atoms with Gasteiger partial charge >= 0.3 is 0 Å². The molecule has 1 amide bonds. The molecule has 2 aromatic rings. The van der Waals surface area contributed by atoms with Gasteiger partial charge in [0.1, 0.15) is 0 Å². The minimum Gasteiger partial charge on any atom is -0.352 e. The Hall–Kier alpha value is -2.26. The van der Waals surface area contributed by atoms with Gasteiger partial charge < -0.3 is 9.84 Å². The van der Waals surface area contributed by atoms with Gasteiger partial charge in [-0.25, -0.2) is 8.42 Å². The highest BCUT2D eigenvalue weighted by Crippen LogP contribution is 2.39. The van der Waals surface area contributed by atoms with Crippen LogP contribution in [0, 0.1) is 6.92 Å². The third-order valence-corrected chi connectivity index (χ3v) is 6.44. The number of amides is 1. The first-order valence-corrected chi connectivity index (χ1v) is 10.6. The molecule has 2 aliphatic carbocycles. The van der Waals surface area contributed by atoms with Gasteiger partial charge in [-0.3, -0.25) is 4.79 Å². The molecule has 0 saturated heterocycles. The molecule has 2 aliphatic rings. The van der Waals surface area contributed by atoms with E-state index in [2.05, 4.69) is 20.2 Å². The molecule has 1 aromatic carbocycles. The van der Waals surface area contributed by atoms with E-state index in [1.807, 2.05) is 0 Å². The van der Waals surface area contributed by atoms with Crippen LogP contribution < -0.4 is 10.0 Å². The molecular formula is C18H22N4O4S. The van der Waals surface area contributed by atoms with Crippen molar-refractivity contribution in [3.8, 4) is 11.4 Å². The number of nitrogens with one attached hydrogen (secondary N) is 2. The van der Waals surface area contributed by atoms with Crippen molar-refractivity contribution in [2.24, 2.45) is 0 Å². The molecule has 9 heteroatoms. The fourth-order valence-electron chi connectivity index (χ4n) is 2.78. The summed E-state index contributed by atoms with van der Waals surface area (Å²) in [6, 6.07) is 4.30. The molecule has 1 unspecified atom stereocenters. The Labute approximate surface area is 157 Å². The Morgan fingerprint density at radius 2 is 2.00 bits per heavy atom. The molecular weight excluding hydrogens is 368 g/mol. The fourth-order valence-corrected chi connectivity index (χ4v) is 4.25. The summed E-state index contributed by atoms with van der Waals surface area (Å²) >= 11 is 0. The Morgan fingerprint density at radius 1 is 1.26 bits per heavy atom. The zero-order valence-corrected chi connectivity index (χ0v) is 16.0. The predicted octanol–water partition coefficient (Wildman–Crippen LogP) is 1.87. The van der Waals surface area contributed by atoms with Crippen molar-refractivity contribution >= 4 is 15.9 Å². The largest absolute Gasteiger partial charge is 0.352 e. The van der Waals surface area contributed by atoms with Crippen LogP contribution in [0.1, 0.15) is 50.0 Å². The molecule has 8 nitrogen and oxygen atoms in total. The number of hydrogen-bond donors (Lipinski definition) is 2.